The number of aromatic amines is 1. The Morgan fingerprint density at radius 1 is 1.50 bits per heavy atom. The minimum Gasteiger partial charge on any atom is -0.323 e. The molecule has 0 radical (unpaired) electrons. The van der Waals surface area contributed by atoms with Crippen molar-refractivity contribution in [2.24, 2.45) is 0 Å². The molecule has 1 aliphatic rings. The number of aromatic nitrogens is 2. The maximum atomic E-state index is 11.1. The summed E-state index contributed by atoms with van der Waals surface area (Å²) in [6, 6.07) is 0. The SMILES string of the molecule is CC1C(=O)Nc2cnc(=O)[nH]c21. The van der Waals surface area contributed by atoms with E-state index in [0.717, 1.165) is 0 Å². The van der Waals surface area contributed by atoms with Crippen LogP contribution in [0.2, 0.25) is 0 Å². The van der Waals surface area contributed by atoms with Gasteiger partial charge in [-0.25, -0.2) is 4.79 Å². The summed E-state index contributed by atoms with van der Waals surface area (Å²) in [5.74, 6) is -0.385. The summed E-state index contributed by atoms with van der Waals surface area (Å²) >= 11 is 0. The number of amides is 1. The minimum absolute atomic E-state index is 0.103. The molecular formula is C7H7N3O2. The number of anilines is 1. The van der Waals surface area contributed by atoms with Crippen LogP contribution in [0.25, 0.3) is 0 Å². The molecule has 5 heteroatoms. The highest BCUT2D eigenvalue weighted by Crippen LogP contribution is 2.27. The first-order chi connectivity index (χ1) is 5.68. The second-order valence-electron chi connectivity index (χ2n) is 2.73. The molecule has 1 amide bonds. The minimum atomic E-state index is -0.419. The van der Waals surface area contributed by atoms with Crippen molar-refractivity contribution in [2.45, 2.75) is 12.8 Å². The Balaban J connectivity index is 2.63. The van der Waals surface area contributed by atoms with Crippen molar-refractivity contribution in [3.8, 4) is 0 Å². The smallest absolute Gasteiger partial charge is 0.323 e. The van der Waals surface area contributed by atoms with E-state index in [4.69, 9.17) is 0 Å². The molecule has 0 aliphatic carbocycles. The zero-order valence-corrected chi connectivity index (χ0v) is 6.42. The van der Waals surface area contributed by atoms with E-state index >= 15 is 0 Å². The number of nitrogens with one attached hydrogen (secondary N) is 2. The molecule has 2 rings (SSSR count). The lowest BCUT2D eigenvalue weighted by Crippen LogP contribution is -2.12. The van der Waals surface area contributed by atoms with Crippen LogP contribution in [0.15, 0.2) is 11.0 Å². The molecule has 0 bridgehead atoms. The van der Waals surface area contributed by atoms with Gasteiger partial charge in [-0.15, -0.1) is 0 Å². The standard InChI is InChI=1S/C7H7N3O2/c1-3-5-4(9-6(3)11)2-8-7(12)10-5/h2-3H,1H3,(H,9,11)(H,8,10,12). The summed E-state index contributed by atoms with van der Waals surface area (Å²) in [6.45, 7) is 1.73. The van der Waals surface area contributed by atoms with Crippen LogP contribution in [0, 0.1) is 0 Å². The van der Waals surface area contributed by atoms with Crippen molar-refractivity contribution >= 4 is 11.6 Å². The molecule has 5 nitrogen and oxygen atoms in total. The van der Waals surface area contributed by atoms with Crippen LogP contribution in [0.3, 0.4) is 0 Å². The number of H-pyrrole nitrogens is 1. The maximum absolute atomic E-state index is 11.1. The lowest BCUT2D eigenvalue weighted by Gasteiger charge is -1.97. The zero-order chi connectivity index (χ0) is 8.72. The fourth-order valence-electron chi connectivity index (χ4n) is 1.22. The van der Waals surface area contributed by atoms with Crippen molar-refractivity contribution in [3.63, 3.8) is 0 Å². The van der Waals surface area contributed by atoms with Gasteiger partial charge < -0.3 is 10.3 Å². The maximum Gasteiger partial charge on any atom is 0.345 e. The zero-order valence-electron chi connectivity index (χ0n) is 6.42. The second-order valence-corrected chi connectivity index (χ2v) is 2.73. The summed E-state index contributed by atoms with van der Waals surface area (Å²) < 4.78 is 0. The molecule has 12 heavy (non-hydrogen) atoms. The van der Waals surface area contributed by atoms with E-state index in [1.54, 1.807) is 6.92 Å². The van der Waals surface area contributed by atoms with E-state index in [0.29, 0.717) is 11.4 Å². The van der Waals surface area contributed by atoms with Crippen LogP contribution in [0.4, 0.5) is 5.69 Å². The van der Waals surface area contributed by atoms with E-state index in [1.165, 1.54) is 6.20 Å². The second kappa shape index (κ2) is 2.17. The molecule has 1 aliphatic heterocycles. The van der Waals surface area contributed by atoms with Gasteiger partial charge >= 0.3 is 5.69 Å². The molecule has 0 aromatic carbocycles. The van der Waals surface area contributed by atoms with Crippen molar-refractivity contribution in [1.82, 2.24) is 9.97 Å². The van der Waals surface area contributed by atoms with Crippen molar-refractivity contribution in [1.29, 1.82) is 0 Å². The Hall–Kier alpha value is -1.65. The Morgan fingerprint density at radius 2 is 2.25 bits per heavy atom. The van der Waals surface area contributed by atoms with Gasteiger partial charge in [0, 0.05) is 0 Å². The van der Waals surface area contributed by atoms with E-state index < -0.39 is 5.69 Å². The molecule has 0 fully saturated rings. The molecule has 1 aromatic heterocycles. The molecule has 0 saturated carbocycles. The largest absolute Gasteiger partial charge is 0.345 e. The topological polar surface area (TPSA) is 74.8 Å². The highest BCUT2D eigenvalue weighted by molar-refractivity contribution is 6.01. The van der Waals surface area contributed by atoms with E-state index in [2.05, 4.69) is 15.3 Å². The fraction of sp³-hybridized carbons (Fsp3) is 0.286. The summed E-state index contributed by atoms with van der Waals surface area (Å²) in [4.78, 5) is 27.9. The Morgan fingerprint density at radius 3 is 3.00 bits per heavy atom. The number of carbonyl (C=O) groups is 1. The summed E-state index contributed by atoms with van der Waals surface area (Å²) in [5, 5.41) is 2.60. The van der Waals surface area contributed by atoms with Gasteiger partial charge in [0.15, 0.2) is 0 Å². The lowest BCUT2D eigenvalue weighted by molar-refractivity contribution is -0.116. The van der Waals surface area contributed by atoms with Gasteiger partial charge in [-0.1, -0.05) is 0 Å². The number of hydrogen-bond donors (Lipinski definition) is 2. The summed E-state index contributed by atoms with van der Waals surface area (Å²) in [7, 11) is 0. The predicted octanol–water partition coefficient (Wildman–Crippen LogP) is -0.175. The Bertz CT molecular complexity index is 396. The summed E-state index contributed by atoms with van der Waals surface area (Å²) in [5.41, 5.74) is 0.809. The number of fused-ring (bicyclic) bond motifs is 1. The van der Waals surface area contributed by atoms with Gasteiger partial charge in [-0.3, -0.25) is 4.79 Å². The first-order valence-corrected chi connectivity index (χ1v) is 3.58. The fourth-order valence-corrected chi connectivity index (χ4v) is 1.22. The molecule has 1 atom stereocenters. The van der Waals surface area contributed by atoms with E-state index in [1.807, 2.05) is 0 Å². The van der Waals surface area contributed by atoms with Crippen molar-refractivity contribution in [3.05, 3.63) is 22.4 Å². The van der Waals surface area contributed by atoms with Gasteiger partial charge in [0.05, 0.1) is 23.5 Å². The molecule has 0 saturated heterocycles. The predicted molar refractivity (Wildman–Crippen MR) is 41.9 cm³/mol. The quantitative estimate of drug-likeness (QED) is 0.560. The van der Waals surface area contributed by atoms with Crippen LogP contribution in [-0.2, 0) is 4.79 Å². The molecule has 1 unspecified atom stereocenters. The van der Waals surface area contributed by atoms with Gasteiger partial charge in [0.2, 0.25) is 5.91 Å². The van der Waals surface area contributed by atoms with Crippen molar-refractivity contribution in [2.75, 3.05) is 5.32 Å². The van der Waals surface area contributed by atoms with Gasteiger partial charge in [-0.2, -0.15) is 4.98 Å². The van der Waals surface area contributed by atoms with E-state index in [9.17, 15) is 9.59 Å². The summed E-state index contributed by atoms with van der Waals surface area (Å²) in [6.07, 6.45) is 1.37. The van der Waals surface area contributed by atoms with Gasteiger partial charge in [0.1, 0.15) is 0 Å². The monoisotopic (exact) mass is 165 g/mol. The Labute approximate surface area is 67.8 Å². The van der Waals surface area contributed by atoms with Crippen LogP contribution in [0.5, 0.6) is 0 Å². The number of carbonyl (C=O) groups excluding carboxylic acids is 1. The first kappa shape index (κ1) is 7.02. The van der Waals surface area contributed by atoms with Crippen LogP contribution in [0.1, 0.15) is 18.5 Å². The normalized spacial score (nSPS) is 20.4. The first-order valence-electron chi connectivity index (χ1n) is 3.58. The van der Waals surface area contributed by atoms with Crippen molar-refractivity contribution < 1.29 is 4.79 Å². The third kappa shape index (κ3) is 0.827. The molecule has 62 valence electrons. The van der Waals surface area contributed by atoms with E-state index in [-0.39, 0.29) is 11.8 Å². The average molecular weight is 165 g/mol. The van der Waals surface area contributed by atoms with Crippen LogP contribution < -0.4 is 11.0 Å². The lowest BCUT2D eigenvalue weighted by atomic mass is 10.1. The van der Waals surface area contributed by atoms with Gasteiger partial charge in [-0.05, 0) is 6.92 Å². The molecule has 1 aromatic rings. The highest BCUT2D eigenvalue weighted by Gasteiger charge is 2.27. The molecular weight excluding hydrogens is 158 g/mol. The van der Waals surface area contributed by atoms with Crippen LogP contribution >= 0.6 is 0 Å². The molecule has 2 N–H and O–H groups in total. The molecule has 2 heterocycles. The van der Waals surface area contributed by atoms with Crippen LogP contribution in [-0.4, -0.2) is 15.9 Å². The number of rotatable bonds is 0. The Kier molecular flexibility index (Phi) is 1.27. The average Bonchev–Trinajstić information content (AvgIpc) is 2.31. The number of nitrogens with zero attached hydrogens (tertiary/aromatic N) is 1. The third-order valence-electron chi connectivity index (χ3n) is 1.93. The number of hydrogen-bond acceptors (Lipinski definition) is 3. The highest BCUT2D eigenvalue weighted by atomic mass is 16.2. The molecule has 0 spiro atoms. The van der Waals surface area contributed by atoms with Gasteiger partial charge in [0.25, 0.3) is 0 Å². The third-order valence-corrected chi connectivity index (χ3v) is 1.93.